The molecule has 0 unspecified atom stereocenters. The van der Waals surface area contributed by atoms with Gasteiger partial charge in [-0.25, -0.2) is 14.8 Å². The van der Waals surface area contributed by atoms with Gasteiger partial charge < -0.3 is 9.72 Å². The Kier molecular flexibility index (Phi) is 2.56. The zero-order chi connectivity index (χ0) is 12.5. The predicted octanol–water partition coefficient (Wildman–Crippen LogP) is 2.47. The fourth-order valence-corrected chi connectivity index (χ4v) is 2.38. The molecule has 0 fully saturated rings. The van der Waals surface area contributed by atoms with E-state index in [1.54, 1.807) is 23.6 Å². The Morgan fingerprint density at radius 3 is 3.06 bits per heavy atom. The van der Waals surface area contributed by atoms with Gasteiger partial charge in [0.15, 0.2) is 5.65 Å². The van der Waals surface area contributed by atoms with Crippen molar-refractivity contribution in [2.24, 2.45) is 0 Å². The summed E-state index contributed by atoms with van der Waals surface area (Å²) in [5.41, 5.74) is 1.54. The van der Waals surface area contributed by atoms with Crippen LogP contribution in [0.15, 0.2) is 29.8 Å². The zero-order valence-electron chi connectivity index (χ0n) is 9.51. The topological polar surface area (TPSA) is 67.9 Å². The second-order valence-electron chi connectivity index (χ2n) is 3.61. The molecular weight excluding hydrogens is 250 g/mol. The van der Waals surface area contributed by atoms with Crippen LogP contribution in [0.25, 0.3) is 21.9 Å². The second-order valence-corrected chi connectivity index (χ2v) is 4.56. The summed E-state index contributed by atoms with van der Waals surface area (Å²) >= 11 is 1.57. The van der Waals surface area contributed by atoms with Gasteiger partial charge in [0.1, 0.15) is 11.3 Å². The minimum Gasteiger partial charge on any atom is -0.465 e. The number of imidazole rings is 1. The first-order valence-corrected chi connectivity index (χ1v) is 6.14. The van der Waals surface area contributed by atoms with E-state index >= 15 is 0 Å². The van der Waals surface area contributed by atoms with E-state index < -0.39 is 5.97 Å². The van der Waals surface area contributed by atoms with Gasteiger partial charge in [-0.3, -0.25) is 0 Å². The predicted molar refractivity (Wildman–Crippen MR) is 68.5 cm³/mol. The van der Waals surface area contributed by atoms with Crippen LogP contribution in [0.4, 0.5) is 0 Å². The number of rotatable bonds is 2. The van der Waals surface area contributed by atoms with Crippen LogP contribution in [0.1, 0.15) is 10.4 Å². The molecule has 5 nitrogen and oxygen atoms in total. The SMILES string of the molecule is COC(=O)c1ccnc2[nH]c(-c3cccs3)nc12. The first-order valence-electron chi connectivity index (χ1n) is 5.26. The molecule has 0 atom stereocenters. The maximum absolute atomic E-state index is 11.6. The highest BCUT2D eigenvalue weighted by Crippen LogP contribution is 2.25. The number of pyridine rings is 1. The van der Waals surface area contributed by atoms with Crippen LogP contribution in [0.5, 0.6) is 0 Å². The number of aromatic amines is 1. The molecule has 6 heteroatoms. The quantitative estimate of drug-likeness (QED) is 0.718. The van der Waals surface area contributed by atoms with Crippen molar-refractivity contribution in [2.45, 2.75) is 0 Å². The van der Waals surface area contributed by atoms with Gasteiger partial charge >= 0.3 is 5.97 Å². The van der Waals surface area contributed by atoms with Crippen LogP contribution in [-0.2, 0) is 4.74 Å². The van der Waals surface area contributed by atoms with E-state index in [0.29, 0.717) is 22.6 Å². The minimum atomic E-state index is -0.411. The fraction of sp³-hybridized carbons (Fsp3) is 0.0833. The lowest BCUT2D eigenvalue weighted by molar-refractivity contribution is 0.0602. The van der Waals surface area contributed by atoms with Crippen molar-refractivity contribution in [1.82, 2.24) is 15.0 Å². The van der Waals surface area contributed by atoms with Gasteiger partial charge in [-0.05, 0) is 17.5 Å². The average Bonchev–Trinajstić information content (AvgIpc) is 3.04. The molecule has 0 amide bonds. The molecule has 0 saturated heterocycles. The number of fused-ring (bicyclic) bond motifs is 1. The van der Waals surface area contributed by atoms with Gasteiger partial charge in [-0.15, -0.1) is 11.3 Å². The van der Waals surface area contributed by atoms with E-state index in [0.717, 1.165) is 4.88 Å². The zero-order valence-corrected chi connectivity index (χ0v) is 10.3. The van der Waals surface area contributed by atoms with Gasteiger partial charge in [-0.2, -0.15) is 0 Å². The van der Waals surface area contributed by atoms with E-state index in [1.807, 2.05) is 17.5 Å². The molecule has 0 aliphatic heterocycles. The highest BCUT2D eigenvalue weighted by Gasteiger charge is 2.15. The Bertz CT molecular complexity index is 703. The summed E-state index contributed by atoms with van der Waals surface area (Å²) in [7, 11) is 1.35. The number of esters is 1. The monoisotopic (exact) mass is 259 g/mol. The Balaban J connectivity index is 2.20. The van der Waals surface area contributed by atoms with Gasteiger partial charge in [-0.1, -0.05) is 6.07 Å². The van der Waals surface area contributed by atoms with Crippen molar-refractivity contribution >= 4 is 28.5 Å². The first kappa shape index (κ1) is 10.9. The molecule has 1 N–H and O–H groups in total. The maximum atomic E-state index is 11.6. The summed E-state index contributed by atoms with van der Waals surface area (Å²) in [6.07, 6.45) is 1.56. The Morgan fingerprint density at radius 1 is 1.44 bits per heavy atom. The number of methoxy groups -OCH3 is 1. The summed E-state index contributed by atoms with van der Waals surface area (Å²) in [4.78, 5) is 24.3. The average molecular weight is 259 g/mol. The molecule has 0 aliphatic rings. The number of hydrogen-bond donors (Lipinski definition) is 1. The second kappa shape index (κ2) is 4.23. The number of thiophene rings is 1. The van der Waals surface area contributed by atoms with Crippen molar-refractivity contribution in [3.63, 3.8) is 0 Å². The Hall–Kier alpha value is -2.21. The number of hydrogen-bond acceptors (Lipinski definition) is 5. The Morgan fingerprint density at radius 2 is 2.33 bits per heavy atom. The van der Waals surface area contributed by atoms with Crippen LogP contribution in [0.2, 0.25) is 0 Å². The molecule has 0 saturated carbocycles. The largest absolute Gasteiger partial charge is 0.465 e. The molecule has 3 rings (SSSR count). The number of ether oxygens (including phenoxy) is 1. The summed E-state index contributed by atoms with van der Waals surface area (Å²) in [6.45, 7) is 0. The lowest BCUT2D eigenvalue weighted by Crippen LogP contribution is -2.02. The highest BCUT2D eigenvalue weighted by molar-refractivity contribution is 7.13. The van der Waals surface area contributed by atoms with E-state index in [4.69, 9.17) is 4.74 Å². The van der Waals surface area contributed by atoms with Crippen molar-refractivity contribution in [3.05, 3.63) is 35.3 Å². The Labute approximate surface area is 106 Å². The third-order valence-electron chi connectivity index (χ3n) is 2.54. The molecule has 18 heavy (non-hydrogen) atoms. The van der Waals surface area contributed by atoms with Crippen LogP contribution in [0, 0.1) is 0 Å². The molecule has 3 heterocycles. The van der Waals surface area contributed by atoms with Crippen molar-refractivity contribution < 1.29 is 9.53 Å². The van der Waals surface area contributed by atoms with Crippen molar-refractivity contribution in [2.75, 3.05) is 7.11 Å². The lowest BCUT2D eigenvalue weighted by Gasteiger charge is -1.97. The van der Waals surface area contributed by atoms with Gasteiger partial charge in [0.2, 0.25) is 0 Å². The number of carbonyl (C=O) groups excluding carboxylic acids is 1. The van der Waals surface area contributed by atoms with Crippen LogP contribution < -0.4 is 0 Å². The van der Waals surface area contributed by atoms with Crippen molar-refractivity contribution in [3.8, 4) is 10.7 Å². The number of nitrogens with one attached hydrogen (secondary N) is 1. The van der Waals surface area contributed by atoms with Gasteiger partial charge in [0.25, 0.3) is 0 Å². The van der Waals surface area contributed by atoms with Crippen LogP contribution >= 0.6 is 11.3 Å². The molecule has 0 aromatic carbocycles. The number of H-pyrrole nitrogens is 1. The standard InChI is InChI=1S/C12H9N3O2S/c1-17-12(16)7-4-5-13-11-9(7)14-10(15-11)8-3-2-6-18-8/h2-6H,1H3,(H,13,14,15). The van der Waals surface area contributed by atoms with Gasteiger partial charge in [0, 0.05) is 6.20 Å². The maximum Gasteiger partial charge on any atom is 0.340 e. The van der Waals surface area contributed by atoms with E-state index in [9.17, 15) is 4.79 Å². The summed E-state index contributed by atoms with van der Waals surface area (Å²) in [5.74, 6) is 0.301. The smallest absolute Gasteiger partial charge is 0.340 e. The van der Waals surface area contributed by atoms with E-state index in [-0.39, 0.29) is 0 Å². The molecule has 90 valence electrons. The third-order valence-corrected chi connectivity index (χ3v) is 3.42. The third kappa shape index (κ3) is 1.67. The van der Waals surface area contributed by atoms with E-state index in [1.165, 1.54) is 7.11 Å². The fourth-order valence-electron chi connectivity index (χ4n) is 1.72. The van der Waals surface area contributed by atoms with Crippen LogP contribution in [0.3, 0.4) is 0 Å². The summed E-state index contributed by atoms with van der Waals surface area (Å²) in [6, 6.07) is 5.51. The highest BCUT2D eigenvalue weighted by atomic mass is 32.1. The molecule has 0 radical (unpaired) electrons. The number of aromatic nitrogens is 3. The molecule has 3 aromatic rings. The molecule has 3 aromatic heterocycles. The molecule has 0 bridgehead atoms. The number of carbonyl (C=O) groups is 1. The molecule has 0 spiro atoms. The summed E-state index contributed by atoms with van der Waals surface area (Å²) in [5, 5.41) is 1.97. The van der Waals surface area contributed by atoms with Crippen LogP contribution in [-0.4, -0.2) is 28.0 Å². The molecule has 0 aliphatic carbocycles. The number of nitrogens with zero attached hydrogens (tertiary/aromatic N) is 2. The van der Waals surface area contributed by atoms with Crippen molar-refractivity contribution in [1.29, 1.82) is 0 Å². The normalized spacial score (nSPS) is 10.7. The molecular formula is C12H9N3O2S. The van der Waals surface area contributed by atoms with E-state index in [2.05, 4.69) is 15.0 Å². The summed E-state index contributed by atoms with van der Waals surface area (Å²) < 4.78 is 4.73. The first-order chi connectivity index (χ1) is 8.79. The minimum absolute atomic E-state index is 0.411. The van der Waals surface area contributed by atoms with Gasteiger partial charge in [0.05, 0.1) is 17.6 Å². The lowest BCUT2D eigenvalue weighted by atomic mass is 10.2.